The van der Waals surface area contributed by atoms with E-state index >= 15 is 0 Å². The fourth-order valence-corrected chi connectivity index (χ4v) is 4.87. The number of morpholine rings is 1. The van der Waals surface area contributed by atoms with E-state index in [1.165, 1.54) is 0 Å². The van der Waals surface area contributed by atoms with Gasteiger partial charge in [-0.1, -0.05) is 35.9 Å². The van der Waals surface area contributed by atoms with Crippen LogP contribution in [0.1, 0.15) is 19.4 Å². The minimum absolute atomic E-state index is 0.0426. The Hall–Kier alpha value is -2.64. The first-order valence-corrected chi connectivity index (χ1v) is 11.1. The fourth-order valence-electron chi connectivity index (χ4n) is 3.55. The first-order valence-electron chi connectivity index (χ1n) is 9.63. The summed E-state index contributed by atoms with van der Waals surface area (Å²) < 4.78 is 38.7. The third-order valence-corrected chi connectivity index (χ3v) is 6.56. The van der Waals surface area contributed by atoms with Gasteiger partial charge in [0.05, 0.1) is 17.1 Å². The van der Waals surface area contributed by atoms with E-state index in [4.69, 9.17) is 9.15 Å². The van der Waals surface area contributed by atoms with Gasteiger partial charge in [0.25, 0.3) is 0 Å². The minimum atomic E-state index is -3.85. The van der Waals surface area contributed by atoms with Crippen molar-refractivity contribution in [2.75, 3.05) is 18.0 Å². The number of rotatable bonds is 4. The van der Waals surface area contributed by atoms with Crippen LogP contribution in [0.2, 0.25) is 0 Å². The number of hydrogen-bond donors (Lipinski definition) is 0. The maximum atomic E-state index is 13.4. The number of aromatic nitrogens is 1. The van der Waals surface area contributed by atoms with Crippen LogP contribution in [0.4, 0.5) is 5.88 Å². The molecule has 0 N–H and O–H groups in total. The number of ether oxygens (including phenoxy) is 1. The summed E-state index contributed by atoms with van der Waals surface area (Å²) in [6.07, 6.45) is -0.0853. The van der Waals surface area contributed by atoms with Crippen molar-refractivity contribution in [3.05, 3.63) is 60.2 Å². The van der Waals surface area contributed by atoms with E-state index in [1.807, 2.05) is 56.0 Å². The van der Waals surface area contributed by atoms with E-state index in [-0.39, 0.29) is 33.9 Å². The average Bonchev–Trinajstić information content (AvgIpc) is 3.15. The van der Waals surface area contributed by atoms with E-state index in [2.05, 4.69) is 4.98 Å². The van der Waals surface area contributed by atoms with Gasteiger partial charge in [-0.15, -0.1) is 0 Å². The van der Waals surface area contributed by atoms with Gasteiger partial charge in [-0.25, -0.2) is 8.42 Å². The summed E-state index contributed by atoms with van der Waals surface area (Å²) in [5.74, 6) is 0.560. The topological polar surface area (TPSA) is 72.6 Å². The third-order valence-electron chi connectivity index (χ3n) is 4.89. The molecular formula is C22H24N2O4S. The summed E-state index contributed by atoms with van der Waals surface area (Å²) in [5.41, 5.74) is 1.72. The number of aryl methyl sites for hydroxylation is 1. The molecular weight excluding hydrogens is 388 g/mol. The first-order chi connectivity index (χ1) is 13.8. The predicted molar refractivity (Wildman–Crippen MR) is 111 cm³/mol. The lowest BCUT2D eigenvalue weighted by Crippen LogP contribution is -2.45. The molecule has 1 fully saturated rings. The second-order valence-corrected chi connectivity index (χ2v) is 9.34. The predicted octanol–water partition coefficient (Wildman–Crippen LogP) is 4.10. The lowest BCUT2D eigenvalue weighted by Gasteiger charge is -2.35. The van der Waals surface area contributed by atoms with Crippen molar-refractivity contribution in [3.63, 3.8) is 0 Å². The van der Waals surface area contributed by atoms with Crippen LogP contribution in [0, 0.1) is 6.92 Å². The molecule has 7 heteroatoms. The number of sulfone groups is 1. The highest BCUT2D eigenvalue weighted by Crippen LogP contribution is 2.35. The minimum Gasteiger partial charge on any atom is -0.419 e. The lowest BCUT2D eigenvalue weighted by molar-refractivity contribution is -0.00657. The molecule has 0 amide bonds. The van der Waals surface area contributed by atoms with Crippen molar-refractivity contribution in [3.8, 4) is 11.5 Å². The molecule has 1 aliphatic rings. The van der Waals surface area contributed by atoms with E-state index in [1.54, 1.807) is 24.3 Å². The Morgan fingerprint density at radius 3 is 2.21 bits per heavy atom. The van der Waals surface area contributed by atoms with E-state index < -0.39 is 9.84 Å². The molecule has 0 aliphatic carbocycles. The van der Waals surface area contributed by atoms with Crippen molar-refractivity contribution in [1.29, 1.82) is 0 Å². The second-order valence-electron chi connectivity index (χ2n) is 7.47. The molecule has 0 bridgehead atoms. The molecule has 1 aromatic heterocycles. The monoisotopic (exact) mass is 412 g/mol. The highest BCUT2D eigenvalue weighted by molar-refractivity contribution is 7.91. The lowest BCUT2D eigenvalue weighted by atomic mass is 10.2. The molecule has 1 saturated heterocycles. The van der Waals surface area contributed by atoms with Gasteiger partial charge >= 0.3 is 0 Å². The Labute approximate surface area is 171 Å². The maximum Gasteiger partial charge on any atom is 0.236 e. The van der Waals surface area contributed by atoms with Crippen LogP contribution in [0.3, 0.4) is 0 Å². The van der Waals surface area contributed by atoms with Crippen LogP contribution >= 0.6 is 0 Å². The Kier molecular flexibility index (Phi) is 5.19. The zero-order valence-electron chi connectivity index (χ0n) is 16.7. The van der Waals surface area contributed by atoms with Crippen molar-refractivity contribution in [1.82, 2.24) is 4.98 Å². The van der Waals surface area contributed by atoms with Gasteiger partial charge < -0.3 is 14.1 Å². The van der Waals surface area contributed by atoms with Crippen molar-refractivity contribution in [2.24, 2.45) is 0 Å². The number of benzene rings is 2. The largest absolute Gasteiger partial charge is 0.419 e. The van der Waals surface area contributed by atoms with Crippen molar-refractivity contribution in [2.45, 2.75) is 42.9 Å². The zero-order chi connectivity index (χ0) is 20.6. The van der Waals surface area contributed by atoms with Gasteiger partial charge in [-0.05, 0) is 45.0 Å². The molecule has 29 heavy (non-hydrogen) atoms. The Morgan fingerprint density at radius 2 is 1.59 bits per heavy atom. The summed E-state index contributed by atoms with van der Waals surface area (Å²) >= 11 is 0. The number of oxazole rings is 1. The first kappa shape index (κ1) is 19.7. The summed E-state index contributed by atoms with van der Waals surface area (Å²) in [7, 11) is -3.85. The normalized spacial score (nSPS) is 20.0. The summed E-state index contributed by atoms with van der Waals surface area (Å²) in [5, 5.41) is -0.0542. The molecule has 0 saturated carbocycles. The molecule has 6 nitrogen and oxygen atoms in total. The molecule has 0 spiro atoms. The molecule has 1 aliphatic heterocycles. The van der Waals surface area contributed by atoms with Gasteiger partial charge in [-0.3, -0.25) is 0 Å². The zero-order valence-corrected chi connectivity index (χ0v) is 17.5. The van der Waals surface area contributed by atoms with Gasteiger partial charge in [0.15, 0.2) is 0 Å². The van der Waals surface area contributed by atoms with Crippen LogP contribution in [-0.2, 0) is 14.6 Å². The molecule has 2 aromatic carbocycles. The Bertz CT molecular complexity index is 1080. The molecule has 3 aromatic rings. The summed E-state index contributed by atoms with van der Waals surface area (Å²) in [4.78, 5) is 6.56. The molecule has 4 rings (SSSR count). The molecule has 0 unspecified atom stereocenters. The Balaban J connectivity index is 1.85. The second kappa shape index (κ2) is 7.65. The molecule has 152 valence electrons. The van der Waals surface area contributed by atoms with E-state index in [0.29, 0.717) is 13.1 Å². The Morgan fingerprint density at radius 1 is 0.966 bits per heavy atom. The van der Waals surface area contributed by atoms with Crippen LogP contribution in [0.15, 0.2) is 68.9 Å². The van der Waals surface area contributed by atoms with Crippen molar-refractivity contribution >= 4 is 15.7 Å². The van der Waals surface area contributed by atoms with Crippen molar-refractivity contribution < 1.29 is 17.6 Å². The molecule has 2 atom stereocenters. The standard InChI is InChI=1S/C22H24N2O4S/c1-15-9-11-19(12-10-15)29(25,26)21-22(24-13-16(2)27-17(3)14-24)28-20(23-21)18-7-5-4-6-8-18/h4-12,16-17H,13-14H2,1-3H3/t16-,17-/m1/s1. The highest BCUT2D eigenvalue weighted by atomic mass is 32.2. The van der Waals surface area contributed by atoms with Gasteiger partial charge in [-0.2, -0.15) is 4.98 Å². The van der Waals surface area contributed by atoms with Crippen LogP contribution in [0.5, 0.6) is 0 Å². The number of nitrogens with zero attached hydrogens (tertiary/aromatic N) is 2. The van der Waals surface area contributed by atoms with Gasteiger partial charge in [0.1, 0.15) is 0 Å². The average molecular weight is 413 g/mol. The van der Waals surface area contributed by atoms with Crippen LogP contribution in [0.25, 0.3) is 11.5 Å². The highest BCUT2D eigenvalue weighted by Gasteiger charge is 2.34. The number of anilines is 1. The smallest absolute Gasteiger partial charge is 0.236 e. The molecule has 0 radical (unpaired) electrons. The number of hydrogen-bond acceptors (Lipinski definition) is 6. The van der Waals surface area contributed by atoms with E-state index in [9.17, 15) is 8.42 Å². The molecule has 2 heterocycles. The SMILES string of the molecule is Cc1ccc(S(=O)(=O)c2nc(-c3ccccc3)oc2N2C[C@@H](C)O[C@H](C)C2)cc1. The summed E-state index contributed by atoms with van der Waals surface area (Å²) in [6.45, 7) is 6.91. The third kappa shape index (κ3) is 3.93. The maximum absolute atomic E-state index is 13.4. The van der Waals surface area contributed by atoms with Crippen LogP contribution in [-0.4, -0.2) is 38.7 Å². The fraction of sp³-hybridized carbons (Fsp3) is 0.318. The quantitative estimate of drug-likeness (QED) is 0.642. The van der Waals surface area contributed by atoms with Gasteiger partial charge in [0, 0.05) is 18.7 Å². The van der Waals surface area contributed by atoms with Crippen LogP contribution < -0.4 is 4.90 Å². The summed E-state index contributed by atoms with van der Waals surface area (Å²) in [6, 6.07) is 16.1. The van der Waals surface area contributed by atoms with Gasteiger partial charge in [0.2, 0.25) is 26.6 Å². The van der Waals surface area contributed by atoms with E-state index in [0.717, 1.165) is 11.1 Å².